The predicted octanol–water partition coefficient (Wildman–Crippen LogP) is 2.81. The average molecular weight is 364 g/mol. The molecule has 0 aliphatic rings. The van der Waals surface area contributed by atoms with E-state index in [1.54, 1.807) is 18.2 Å². The molecule has 3 amide bonds. The molecule has 0 bridgehead atoms. The van der Waals surface area contributed by atoms with Crippen molar-refractivity contribution >= 4 is 40.7 Å². The second-order valence-corrected chi connectivity index (χ2v) is 5.49. The molecule has 0 radical (unpaired) electrons. The minimum absolute atomic E-state index is 0.0506. The number of anilines is 2. The van der Waals surface area contributed by atoms with Gasteiger partial charge in [0.15, 0.2) is 0 Å². The molecule has 0 aromatic heterocycles. The van der Waals surface area contributed by atoms with E-state index in [4.69, 9.17) is 11.6 Å². The first-order valence-electron chi connectivity index (χ1n) is 7.26. The number of carbonyl (C=O) groups is 3. The molecule has 0 heterocycles. The van der Waals surface area contributed by atoms with Crippen LogP contribution in [0.15, 0.2) is 42.5 Å². The Hall–Kier alpha value is -2.93. The molecule has 0 fully saturated rings. The Balaban J connectivity index is 1.95. The lowest BCUT2D eigenvalue weighted by Gasteiger charge is -2.10. The minimum atomic E-state index is -0.625. The van der Waals surface area contributed by atoms with E-state index in [2.05, 4.69) is 16.0 Å². The van der Waals surface area contributed by atoms with Crippen LogP contribution in [0.3, 0.4) is 0 Å². The molecule has 8 heteroatoms. The van der Waals surface area contributed by atoms with Crippen LogP contribution in [-0.4, -0.2) is 24.3 Å². The van der Waals surface area contributed by atoms with E-state index in [-0.39, 0.29) is 28.5 Å². The SMILES string of the molecule is CC(=O)Nc1cc(NC(=O)CNC(=O)c2ccccc2Cl)ccc1F. The summed E-state index contributed by atoms with van der Waals surface area (Å²) in [5.74, 6) is -2.06. The number of hydrogen-bond donors (Lipinski definition) is 3. The van der Waals surface area contributed by atoms with Crippen LogP contribution in [0.4, 0.5) is 15.8 Å². The molecule has 2 rings (SSSR count). The van der Waals surface area contributed by atoms with Gasteiger partial charge in [0.25, 0.3) is 5.91 Å². The quantitative estimate of drug-likeness (QED) is 0.763. The lowest BCUT2D eigenvalue weighted by molar-refractivity contribution is -0.115. The molecule has 2 aromatic carbocycles. The number of rotatable bonds is 5. The highest BCUT2D eigenvalue weighted by molar-refractivity contribution is 6.33. The van der Waals surface area contributed by atoms with Gasteiger partial charge in [-0.1, -0.05) is 23.7 Å². The zero-order chi connectivity index (χ0) is 18.4. The van der Waals surface area contributed by atoms with Gasteiger partial charge >= 0.3 is 0 Å². The second kappa shape index (κ2) is 8.25. The smallest absolute Gasteiger partial charge is 0.253 e. The molecule has 0 saturated heterocycles. The molecule has 0 aliphatic heterocycles. The number of amides is 3. The van der Waals surface area contributed by atoms with Crippen molar-refractivity contribution in [3.8, 4) is 0 Å². The van der Waals surface area contributed by atoms with Crippen LogP contribution in [0.1, 0.15) is 17.3 Å². The third-order valence-corrected chi connectivity index (χ3v) is 3.42. The van der Waals surface area contributed by atoms with Crippen LogP contribution in [0, 0.1) is 5.82 Å². The Morgan fingerprint density at radius 3 is 2.48 bits per heavy atom. The Morgan fingerprint density at radius 2 is 1.80 bits per heavy atom. The maximum Gasteiger partial charge on any atom is 0.253 e. The molecular weight excluding hydrogens is 349 g/mol. The van der Waals surface area contributed by atoms with E-state index in [0.717, 1.165) is 6.07 Å². The van der Waals surface area contributed by atoms with E-state index < -0.39 is 23.5 Å². The zero-order valence-electron chi connectivity index (χ0n) is 13.2. The lowest BCUT2D eigenvalue weighted by Crippen LogP contribution is -2.33. The standard InChI is InChI=1S/C17H15ClFN3O3/c1-10(23)21-15-8-11(6-7-14(15)19)22-16(24)9-20-17(25)12-4-2-3-5-13(12)18/h2-8H,9H2,1H3,(H,20,25)(H,21,23)(H,22,24). The molecule has 3 N–H and O–H groups in total. The van der Waals surface area contributed by atoms with Crippen molar-refractivity contribution in [2.75, 3.05) is 17.2 Å². The van der Waals surface area contributed by atoms with Crippen LogP contribution >= 0.6 is 11.6 Å². The van der Waals surface area contributed by atoms with Crippen molar-refractivity contribution in [1.29, 1.82) is 0 Å². The van der Waals surface area contributed by atoms with Gasteiger partial charge in [-0.3, -0.25) is 14.4 Å². The third kappa shape index (κ3) is 5.29. The molecule has 0 aliphatic carbocycles. The fraction of sp³-hybridized carbons (Fsp3) is 0.118. The van der Waals surface area contributed by atoms with E-state index in [0.29, 0.717) is 0 Å². The highest BCUT2D eigenvalue weighted by Crippen LogP contribution is 2.19. The first-order chi connectivity index (χ1) is 11.9. The van der Waals surface area contributed by atoms with Crippen LogP contribution in [0.5, 0.6) is 0 Å². The normalized spacial score (nSPS) is 10.0. The molecule has 2 aromatic rings. The van der Waals surface area contributed by atoms with Crippen LogP contribution in [0.25, 0.3) is 0 Å². The van der Waals surface area contributed by atoms with Gasteiger partial charge < -0.3 is 16.0 Å². The van der Waals surface area contributed by atoms with Crippen molar-refractivity contribution in [1.82, 2.24) is 5.32 Å². The van der Waals surface area contributed by atoms with Crippen LogP contribution in [-0.2, 0) is 9.59 Å². The van der Waals surface area contributed by atoms with Gasteiger partial charge in [-0.05, 0) is 30.3 Å². The van der Waals surface area contributed by atoms with Crippen molar-refractivity contribution in [2.45, 2.75) is 6.92 Å². The van der Waals surface area contributed by atoms with Gasteiger partial charge in [-0.25, -0.2) is 4.39 Å². The van der Waals surface area contributed by atoms with Gasteiger partial charge in [0.2, 0.25) is 11.8 Å². The van der Waals surface area contributed by atoms with Gasteiger partial charge in [0.05, 0.1) is 22.8 Å². The fourth-order valence-electron chi connectivity index (χ4n) is 1.99. The first kappa shape index (κ1) is 18.4. The Bertz CT molecular complexity index is 827. The van der Waals surface area contributed by atoms with E-state index >= 15 is 0 Å². The van der Waals surface area contributed by atoms with Crippen molar-refractivity contribution in [3.63, 3.8) is 0 Å². The number of halogens is 2. The van der Waals surface area contributed by atoms with Crippen molar-refractivity contribution in [2.24, 2.45) is 0 Å². The zero-order valence-corrected chi connectivity index (χ0v) is 14.0. The number of benzene rings is 2. The van der Waals surface area contributed by atoms with Crippen LogP contribution < -0.4 is 16.0 Å². The molecule has 25 heavy (non-hydrogen) atoms. The van der Waals surface area contributed by atoms with Gasteiger partial charge in [-0.15, -0.1) is 0 Å². The number of carbonyl (C=O) groups excluding carboxylic acids is 3. The second-order valence-electron chi connectivity index (χ2n) is 5.09. The summed E-state index contributed by atoms with van der Waals surface area (Å²) in [6, 6.07) is 10.2. The Morgan fingerprint density at radius 1 is 1.08 bits per heavy atom. The van der Waals surface area contributed by atoms with Crippen LogP contribution in [0.2, 0.25) is 5.02 Å². The summed E-state index contributed by atoms with van der Waals surface area (Å²) in [4.78, 5) is 34.9. The van der Waals surface area contributed by atoms with Gasteiger partial charge in [0.1, 0.15) is 5.82 Å². The molecule has 0 spiro atoms. The third-order valence-electron chi connectivity index (χ3n) is 3.09. The molecule has 0 unspecified atom stereocenters. The minimum Gasteiger partial charge on any atom is -0.343 e. The summed E-state index contributed by atoms with van der Waals surface area (Å²) in [5, 5.41) is 7.53. The summed E-state index contributed by atoms with van der Waals surface area (Å²) in [5.41, 5.74) is 0.485. The van der Waals surface area contributed by atoms with Crippen molar-refractivity contribution < 1.29 is 18.8 Å². The molecule has 6 nitrogen and oxygen atoms in total. The van der Waals surface area contributed by atoms with E-state index in [1.807, 2.05) is 0 Å². The summed E-state index contributed by atoms with van der Waals surface area (Å²) < 4.78 is 13.5. The number of hydrogen-bond acceptors (Lipinski definition) is 3. The molecule has 0 saturated carbocycles. The van der Waals surface area contributed by atoms with E-state index in [9.17, 15) is 18.8 Å². The maximum atomic E-state index is 13.5. The molecule has 0 atom stereocenters. The summed E-state index contributed by atoms with van der Waals surface area (Å²) in [7, 11) is 0. The molecular formula is C17H15ClFN3O3. The predicted molar refractivity (Wildman–Crippen MR) is 93.1 cm³/mol. The van der Waals surface area contributed by atoms with E-state index in [1.165, 1.54) is 25.1 Å². The maximum absolute atomic E-state index is 13.5. The van der Waals surface area contributed by atoms with Gasteiger partial charge in [0, 0.05) is 12.6 Å². The summed E-state index contributed by atoms with van der Waals surface area (Å²) in [6.45, 7) is 0.950. The lowest BCUT2D eigenvalue weighted by atomic mass is 10.2. The Kier molecular flexibility index (Phi) is 6.08. The van der Waals surface area contributed by atoms with Crippen molar-refractivity contribution in [3.05, 3.63) is 58.9 Å². The highest BCUT2D eigenvalue weighted by Gasteiger charge is 2.12. The average Bonchev–Trinajstić information content (AvgIpc) is 2.56. The summed E-state index contributed by atoms with van der Waals surface area (Å²) >= 11 is 5.91. The highest BCUT2D eigenvalue weighted by atomic mass is 35.5. The molecule has 130 valence electrons. The summed E-state index contributed by atoms with van der Waals surface area (Å²) in [6.07, 6.45) is 0. The first-order valence-corrected chi connectivity index (χ1v) is 7.64. The topological polar surface area (TPSA) is 87.3 Å². The fourth-order valence-corrected chi connectivity index (χ4v) is 2.22. The Labute approximate surface area is 148 Å². The van der Waals surface area contributed by atoms with Gasteiger partial charge in [-0.2, -0.15) is 0 Å². The largest absolute Gasteiger partial charge is 0.343 e. The monoisotopic (exact) mass is 363 g/mol. The number of nitrogens with one attached hydrogen (secondary N) is 3.